The van der Waals surface area contributed by atoms with E-state index in [0.717, 1.165) is 19.5 Å². The van der Waals surface area contributed by atoms with Crippen LogP contribution < -0.4 is 5.73 Å². The zero-order valence-electron chi connectivity index (χ0n) is 12.0. The van der Waals surface area contributed by atoms with E-state index in [0.29, 0.717) is 24.5 Å². The maximum atomic E-state index is 10.0. The quantitative estimate of drug-likeness (QED) is 0.732. The van der Waals surface area contributed by atoms with Crippen LogP contribution in [-0.4, -0.2) is 66.3 Å². The Hall–Kier alpha value is -0.160. The average molecular weight is 243 g/mol. The van der Waals surface area contributed by atoms with Gasteiger partial charge in [-0.05, 0) is 40.3 Å². The molecule has 0 aromatic rings. The molecule has 4 nitrogen and oxygen atoms in total. The monoisotopic (exact) mass is 243 g/mol. The fourth-order valence-corrected chi connectivity index (χ4v) is 2.87. The van der Waals surface area contributed by atoms with Crippen molar-refractivity contribution in [3.05, 3.63) is 0 Å². The molecule has 0 aliphatic carbocycles. The molecule has 1 heterocycles. The molecular formula is C13H29N3O. The molecule has 102 valence electrons. The normalized spacial score (nSPS) is 31.8. The number of likely N-dealkylation sites (tertiary alicyclic amines) is 1. The minimum Gasteiger partial charge on any atom is -0.389 e. The molecule has 0 spiro atoms. The first-order valence-corrected chi connectivity index (χ1v) is 6.60. The summed E-state index contributed by atoms with van der Waals surface area (Å²) in [7, 11) is 4.29. The molecule has 17 heavy (non-hydrogen) atoms. The van der Waals surface area contributed by atoms with Gasteiger partial charge in [0.05, 0.1) is 5.60 Å². The van der Waals surface area contributed by atoms with Gasteiger partial charge in [0.1, 0.15) is 0 Å². The molecule has 1 rings (SSSR count). The van der Waals surface area contributed by atoms with Gasteiger partial charge in [-0.15, -0.1) is 0 Å². The summed E-state index contributed by atoms with van der Waals surface area (Å²) in [6.07, 6.45) is 0.746. The van der Waals surface area contributed by atoms with Gasteiger partial charge in [-0.2, -0.15) is 0 Å². The van der Waals surface area contributed by atoms with Gasteiger partial charge >= 0.3 is 0 Å². The van der Waals surface area contributed by atoms with Gasteiger partial charge in [-0.3, -0.25) is 4.90 Å². The topological polar surface area (TPSA) is 52.7 Å². The summed E-state index contributed by atoms with van der Waals surface area (Å²) in [4.78, 5) is 4.78. The van der Waals surface area contributed by atoms with Crippen LogP contribution in [0, 0.1) is 5.92 Å². The summed E-state index contributed by atoms with van der Waals surface area (Å²) in [6, 6.07) is 1.02. The number of hydrogen-bond acceptors (Lipinski definition) is 4. The highest BCUT2D eigenvalue weighted by Gasteiger charge is 2.35. The van der Waals surface area contributed by atoms with Crippen molar-refractivity contribution in [2.45, 2.75) is 44.9 Å². The van der Waals surface area contributed by atoms with Crippen LogP contribution in [0.3, 0.4) is 0 Å². The van der Waals surface area contributed by atoms with Crippen molar-refractivity contribution in [1.29, 1.82) is 0 Å². The highest BCUT2D eigenvalue weighted by atomic mass is 16.3. The van der Waals surface area contributed by atoms with Gasteiger partial charge in [0.25, 0.3) is 0 Å². The van der Waals surface area contributed by atoms with E-state index in [1.165, 1.54) is 0 Å². The number of likely N-dealkylation sites (N-methyl/N-ethyl adjacent to an activating group) is 1. The van der Waals surface area contributed by atoms with Crippen molar-refractivity contribution in [2.75, 3.05) is 33.7 Å². The molecule has 1 aliphatic rings. The van der Waals surface area contributed by atoms with E-state index in [9.17, 15) is 5.11 Å². The molecule has 0 saturated carbocycles. The van der Waals surface area contributed by atoms with Crippen LogP contribution >= 0.6 is 0 Å². The Bertz CT molecular complexity index is 243. The molecule has 4 unspecified atom stereocenters. The first kappa shape index (κ1) is 14.9. The van der Waals surface area contributed by atoms with Gasteiger partial charge < -0.3 is 15.7 Å². The van der Waals surface area contributed by atoms with Crippen molar-refractivity contribution >= 4 is 0 Å². The summed E-state index contributed by atoms with van der Waals surface area (Å²) in [5.41, 5.74) is 4.84. The number of nitrogens with zero attached hydrogens (tertiary/aromatic N) is 2. The van der Waals surface area contributed by atoms with Crippen molar-refractivity contribution < 1.29 is 5.11 Å². The van der Waals surface area contributed by atoms with Gasteiger partial charge in [-0.25, -0.2) is 0 Å². The van der Waals surface area contributed by atoms with Gasteiger partial charge in [0.15, 0.2) is 0 Å². The Morgan fingerprint density at radius 1 is 1.47 bits per heavy atom. The van der Waals surface area contributed by atoms with Crippen molar-refractivity contribution in [1.82, 2.24) is 9.80 Å². The average Bonchev–Trinajstić information content (AvgIpc) is 2.60. The fourth-order valence-electron chi connectivity index (χ4n) is 2.87. The standard InChI is InChI=1S/C13H29N3O/c1-10-7-16(8-12(10)15(4)5)11(2)6-13(3,17)9-14/h10-12,17H,6-9,14H2,1-5H3. The predicted octanol–water partition coefficient (Wildman–Crippen LogP) is 0.357. The van der Waals surface area contributed by atoms with Gasteiger partial charge in [-0.1, -0.05) is 6.92 Å². The van der Waals surface area contributed by atoms with Crippen LogP contribution in [0.5, 0.6) is 0 Å². The van der Waals surface area contributed by atoms with Crippen molar-refractivity contribution in [3.63, 3.8) is 0 Å². The molecule has 1 fully saturated rings. The first-order valence-electron chi connectivity index (χ1n) is 6.60. The van der Waals surface area contributed by atoms with Crippen molar-refractivity contribution in [2.24, 2.45) is 11.7 Å². The van der Waals surface area contributed by atoms with Crippen LogP contribution in [0.2, 0.25) is 0 Å². The molecule has 0 radical (unpaired) electrons. The van der Waals surface area contributed by atoms with E-state index >= 15 is 0 Å². The number of aliphatic hydroxyl groups is 1. The molecule has 4 atom stereocenters. The first-order chi connectivity index (χ1) is 7.76. The third-order valence-corrected chi connectivity index (χ3v) is 4.06. The molecule has 3 N–H and O–H groups in total. The zero-order chi connectivity index (χ0) is 13.2. The fraction of sp³-hybridized carbons (Fsp3) is 1.00. The van der Waals surface area contributed by atoms with E-state index in [2.05, 4.69) is 37.7 Å². The highest BCUT2D eigenvalue weighted by molar-refractivity contribution is 4.91. The zero-order valence-corrected chi connectivity index (χ0v) is 12.0. The number of hydrogen-bond donors (Lipinski definition) is 2. The lowest BCUT2D eigenvalue weighted by molar-refractivity contribution is 0.0319. The van der Waals surface area contributed by atoms with E-state index in [-0.39, 0.29) is 0 Å². The lowest BCUT2D eigenvalue weighted by Gasteiger charge is -2.31. The molecule has 4 heteroatoms. The lowest BCUT2D eigenvalue weighted by Crippen LogP contribution is -2.43. The van der Waals surface area contributed by atoms with Gasteiger partial charge in [0, 0.05) is 31.7 Å². The molecule has 1 aliphatic heterocycles. The van der Waals surface area contributed by atoms with Crippen LogP contribution in [0.4, 0.5) is 0 Å². The lowest BCUT2D eigenvalue weighted by atomic mass is 9.97. The van der Waals surface area contributed by atoms with Crippen LogP contribution in [0.15, 0.2) is 0 Å². The van der Waals surface area contributed by atoms with Crippen molar-refractivity contribution in [3.8, 4) is 0 Å². The van der Waals surface area contributed by atoms with Crippen LogP contribution in [0.1, 0.15) is 27.2 Å². The van der Waals surface area contributed by atoms with Crippen LogP contribution in [-0.2, 0) is 0 Å². The van der Waals surface area contributed by atoms with E-state index in [4.69, 9.17) is 5.73 Å². The number of nitrogens with two attached hydrogens (primary N) is 1. The minimum absolute atomic E-state index is 0.331. The van der Waals surface area contributed by atoms with E-state index in [1.54, 1.807) is 0 Å². The Balaban J connectivity index is 2.53. The molecule has 0 aromatic carbocycles. The summed E-state index contributed by atoms with van der Waals surface area (Å²) < 4.78 is 0. The Morgan fingerprint density at radius 2 is 2.06 bits per heavy atom. The summed E-state index contributed by atoms with van der Waals surface area (Å²) in [5, 5.41) is 10.0. The number of rotatable bonds is 5. The summed E-state index contributed by atoms with van der Waals surface area (Å²) >= 11 is 0. The van der Waals surface area contributed by atoms with E-state index in [1.807, 2.05) is 6.92 Å². The SMILES string of the molecule is CC1CN(C(C)CC(C)(O)CN)CC1N(C)C. The summed E-state index contributed by atoms with van der Waals surface area (Å²) in [5.74, 6) is 0.690. The third-order valence-electron chi connectivity index (χ3n) is 4.06. The van der Waals surface area contributed by atoms with Crippen LogP contribution in [0.25, 0.3) is 0 Å². The second-order valence-electron chi connectivity index (χ2n) is 6.22. The molecular weight excluding hydrogens is 214 g/mol. The molecule has 0 amide bonds. The third kappa shape index (κ3) is 3.91. The largest absolute Gasteiger partial charge is 0.389 e. The maximum absolute atomic E-state index is 10.0. The highest BCUT2D eigenvalue weighted by Crippen LogP contribution is 2.25. The molecule has 0 aromatic heterocycles. The second-order valence-corrected chi connectivity index (χ2v) is 6.22. The Labute approximate surface area is 106 Å². The smallest absolute Gasteiger partial charge is 0.0756 e. The Kier molecular flexibility index (Phi) is 4.95. The predicted molar refractivity (Wildman–Crippen MR) is 72.0 cm³/mol. The maximum Gasteiger partial charge on any atom is 0.0756 e. The van der Waals surface area contributed by atoms with Gasteiger partial charge in [0.2, 0.25) is 0 Å². The molecule has 1 saturated heterocycles. The Morgan fingerprint density at radius 3 is 2.47 bits per heavy atom. The van der Waals surface area contributed by atoms with E-state index < -0.39 is 5.60 Å². The molecule has 0 bridgehead atoms. The second kappa shape index (κ2) is 5.65. The minimum atomic E-state index is -0.737. The summed E-state index contributed by atoms with van der Waals surface area (Å²) in [6.45, 7) is 8.86.